The molecule has 1 aliphatic rings. The van der Waals surface area contributed by atoms with Gasteiger partial charge in [-0.05, 0) is 79.4 Å². The van der Waals surface area contributed by atoms with Crippen LogP contribution in [0, 0.1) is 6.92 Å². The van der Waals surface area contributed by atoms with E-state index in [4.69, 9.17) is 0 Å². The summed E-state index contributed by atoms with van der Waals surface area (Å²) >= 11 is 0. The van der Waals surface area contributed by atoms with Crippen LogP contribution in [0.5, 0.6) is 5.75 Å². The number of anilines is 1. The largest absolute Gasteiger partial charge is 0.435 e. The average molecular weight is 513 g/mol. The quantitative estimate of drug-likeness (QED) is 0.346. The van der Waals surface area contributed by atoms with Gasteiger partial charge in [0.2, 0.25) is 10.0 Å². The zero-order valence-corrected chi connectivity index (χ0v) is 20.4. The Morgan fingerprint density at radius 3 is 2.33 bits per heavy atom. The van der Waals surface area contributed by atoms with Crippen molar-refractivity contribution in [2.24, 2.45) is 0 Å². The van der Waals surface area contributed by atoms with Crippen molar-refractivity contribution in [3.63, 3.8) is 0 Å². The number of halogens is 2. The Morgan fingerprint density at radius 2 is 1.67 bits per heavy atom. The fraction of sp³-hybridized carbons (Fsp3) is 0.269. The highest BCUT2D eigenvalue weighted by molar-refractivity contribution is 7.89. The molecule has 188 valence electrons. The number of piperidine rings is 1. The molecule has 1 aliphatic heterocycles. The van der Waals surface area contributed by atoms with E-state index in [1.807, 2.05) is 31.2 Å². The van der Waals surface area contributed by atoms with Crippen LogP contribution in [0.25, 0.3) is 22.0 Å². The maximum atomic E-state index is 13.2. The molecule has 1 fully saturated rings. The van der Waals surface area contributed by atoms with Gasteiger partial charge in [-0.15, -0.1) is 0 Å². The van der Waals surface area contributed by atoms with E-state index in [1.165, 1.54) is 16.4 Å². The molecule has 0 aliphatic carbocycles. The van der Waals surface area contributed by atoms with Crippen molar-refractivity contribution < 1.29 is 21.9 Å². The Labute approximate surface area is 208 Å². The van der Waals surface area contributed by atoms with Crippen LogP contribution in [0.2, 0.25) is 0 Å². The lowest BCUT2D eigenvalue weighted by Gasteiger charge is -2.32. The molecule has 4 aromatic rings. The fourth-order valence-electron chi connectivity index (χ4n) is 4.50. The summed E-state index contributed by atoms with van der Waals surface area (Å²) in [7, 11) is -3.60. The summed E-state index contributed by atoms with van der Waals surface area (Å²) in [6, 6.07) is 19.4. The minimum absolute atomic E-state index is 0.0852. The molecule has 7 nitrogen and oxygen atoms in total. The van der Waals surface area contributed by atoms with Crippen molar-refractivity contribution >= 4 is 26.6 Å². The third kappa shape index (κ3) is 5.05. The smallest absolute Gasteiger partial charge is 0.387 e. The van der Waals surface area contributed by atoms with Gasteiger partial charge in [0.05, 0.1) is 16.1 Å². The minimum Gasteiger partial charge on any atom is -0.435 e. The molecule has 0 amide bonds. The molecule has 0 atom stereocenters. The maximum Gasteiger partial charge on any atom is 0.387 e. The van der Waals surface area contributed by atoms with Crippen molar-refractivity contribution in [1.29, 1.82) is 0 Å². The molecular formula is C26H26F2N4O3S. The number of rotatable bonds is 7. The van der Waals surface area contributed by atoms with Gasteiger partial charge in [0.25, 0.3) is 0 Å². The summed E-state index contributed by atoms with van der Waals surface area (Å²) in [5, 5.41) is 11.6. The van der Waals surface area contributed by atoms with E-state index in [-0.39, 0.29) is 16.7 Å². The summed E-state index contributed by atoms with van der Waals surface area (Å²) in [6.07, 6.45) is 1.27. The van der Waals surface area contributed by atoms with Crippen LogP contribution in [0.3, 0.4) is 0 Å². The third-order valence-electron chi connectivity index (χ3n) is 6.48. The van der Waals surface area contributed by atoms with E-state index in [9.17, 15) is 17.2 Å². The second kappa shape index (κ2) is 9.87. The summed E-state index contributed by atoms with van der Waals surface area (Å²) in [6.45, 7) is -0.129. The summed E-state index contributed by atoms with van der Waals surface area (Å²) < 4.78 is 56.9. The molecule has 0 spiro atoms. The number of aryl methyl sites for hydroxylation is 1. The number of nitrogens with one attached hydrogen (secondary N) is 2. The Morgan fingerprint density at radius 1 is 1.00 bits per heavy atom. The highest BCUT2D eigenvalue weighted by atomic mass is 32.2. The molecule has 0 unspecified atom stereocenters. The number of hydrogen-bond donors (Lipinski definition) is 2. The Kier molecular flexibility index (Phi) is 6.63. The van der Waals surface area contributed by atoms with Gasteiger partial charge >= 0.3 is 6.61 Å². The molecule has 0 radical (unpaired) electrons. The topological polar surface area (TPSA) is 87.3 Å². The lowest BCUT2D eigenvalue weighted by Crippen LogP contribution is -2.42. The number of H-pyrrole nitrogens is 1. The number of ether oxygens (including phenoxy) is 1. The van der Waals surface area contributed by atoms with E-state index in [1.54, 1.807) is 24.3 Å². The number of hydrogen-bond acceptors (Lipinski definition) is 5. The van der Waals surface area contributed by atoms with Crippen LogP contribution in [0.15, 0.2) is 71.6 Å². The Balaban J connectivity index is 1.21. The minimum atomic E-state index is -3.60. The van der Waals surface area contributed by atoms with Gasteiger partial charge in [-0.1, -0.05) is 18.2 Å². The number of aromatic nitrogens is 2. The van der Waals surface area contributed by atoms with Crippen LogP contribution < -0.4 is 10.1 Å². The van der Waals surface area contributed by atoms with Crippen molar-refractivity contribution in [3.05, 3.63) is 72.4 Å². The molecule has 10 heteroatoms. The van der Waals surface area contributed by atoms with Gasteiger partial charge in [-0.3, -0.25) is 5.10 Å². The highest BCUT2D eigenvalue weighted by Crippen LogP contribution is 2.28. The number of fused-ring (bicyclic) bond motifs is 1. The molecule has 0 saturated carbocycles. The number of sulfonamides is 1. The molecule has 1 saturated heterocycles. The standard InChI is InChI=1S/C26H26F2N4O3S/c1-17-24-16-19(4-11-25(24)31-30-17)18-2-9-23(10-3-18)36(33,34)32-14-12-21(13-15-32)29-20-5-7-22(8-6-20)35-26(27)28/h2-11,16,21,26,29H,12-15H2,1H3,(H,30,31). The number of benzene rings is 3. The Bertz CT molecular complexity index is 1450. The first-order chi connectivity index (χ1) is 17.3. The number of nitrogens with zero attached hydrogens (tertiary/aromatic N) is 2. The van der Waals surface area contributed by atoms with Crippen LogP contribution >= 0.6 is 0 Å². The van der Waals surface area contributed by atoms with Crippen LogP contribution in [-0.4, -0.2) is 48.7 Å². The van der Waals surface area contributed by atoms with Gasteiger partial charge in [0.1, 0.15) is 5.75 Å². The average Bonchev–Trinajstić information content (AvgIpc) is 3.25. The predicted octanol–water partition coefficient (Wildman–Crippen LogP) is 5.40. The monoisotopic (exact) mass is 512 g/mol. The molecule has 0 bridgehead atoms. The SMILES string of the molecule is Cc1n[nH]c2ccc(-c3ccc(S(=O)(=O)N4CCC(Nc5ccc(OC(F)F)cc5)CC4)cc3)cc12. The van der Waals surface area contributed by atoms with E-state index in [0.717, 1.165) is 33.4 Å². The van der Waals surface area contributed by atoms with Crippen molar-refractivity contribution in [2.75, 3.05) is 18.4 Å². The third-order valence-corrected chi connectivity index (χ3v) is 8.40. The molecule has 3 aromatic carbocycles. The zero-order valence-electron chi connectivity index (χ0n) is 19.6. The molecule has 1 aromatic heterocycles. The molecular weight excluding hydrogens is 486 g/mol. The molecule has 5 rings (SSSR count). The van der Waals surface area contributed by atoms with E-state index < -0.39 is 16.6 Å². The van der Waals surface area contributed by atoms with Crippen molar-refractivity contribution in [2.45, 2.75) is 37.3 Å². The number of aromatic amines is 1. The van der Waals surface area contributed by atoms with Crippen LogP contribution in [0.4, 0.5) is 14.5 Å². The van der Waals surface area contributed by atoms with Gasteiger partial charge < -0.3 is 10.1 Å². The van der Waals surface area contributed by atoms with E-state index in [2.05, 4.69) is 26.3 Å². The Hall–Kier alpha value is -3.50. The first kappa shape index (κ1) is 24.2. The highest BCUT2D eigenvalue weighted by Gasteiger charge is 2.29. The molecule has 2 N–H and O–H groups in total. The van der Waals surface area contributed by atoms with E-state index >= 15 is 0 Å². The van der Waals surface area contributed by atoms with Gasteiger partial charge in [-0.25, -0.2) is 8.42 Å². The summed E-state index contributed by atoms with van der Waals surface area (Å²) in [4.78, 5) is 0.271. The number of alkyl halides is 2. The summed E-state index contributed by atoms with van der Waals surface area (Å²) in [5.74, 6) is 0.0969. The second-order valence-electron chi connectivity index (χ2n) is 8.82. The van der Waals surface area contributed by atoms with Crippen LogP contribution in [0.1, 0.15) is 18.5 Å². The van der Waals surface area contributed by atoms with Crippen LogP contribution in [-0.2, 0) is 10.0 Å². The normalized spacial score (nSPS) is 15.4. The second-order valence-corrected chi connectivity index (χ2v) is 10.8. The van der Waals surface area contributed by atoms with E-state index in [0.29, 0.717) is 25.9 Å². The molecule has 36 heavy (non-hydrogen) atoms. The predicted molar refractivity (Wildman–Crippen MR) is 135 cm³/mol. The lowest BCUT2D eigenvalue weighted by atomic mass is 10.0. The maximum absolute atomic E-state index is 13.2. The first-order valence-corrected chi connectivity index (χ1v) is 13.1. The van der Waals surface area contributed by atoms with Gasteiger partial charge in [-0.2, -0.15) is 18.2 Å². The first-order valence-electron chi connectivity index (χ1n) is 11.7. The lowest BCUT2D eigenvalue weighted by molar-refractivity contribution is -0.0498. The van der Waals surface area contributed by atoms with Gasteiger partial charge in [0.15, 0.2) is 0 Å². The van der Waals surface area contributed by atoms with Crippen molar-refractivity contribution in [1.82, 2.24) is 14.5 Å². The molecule has 2 heterocycles. The van der Waals surface area contributed by atoms with Crippen molar-refractivity contribution in [3.8, 4) is 16.9 Å². The van der Waals surface area contributed by atoms with Gasteiger partial charge in [0, 0.05) is 30.2 Å². The fourth-order valence-corrected chi connectivity index (χ4v) is 5.97. The summed E-state index contributed by atoms with van der Waals surface area (Å²) in [5.41, 5.74) is 4.59. The zero-order chi connectivity index (χ0) is 25.3.